The molecule has 3 rings (SSSR count). The van der Waals surface area contributed by atoms with Gasteiger partial charge in [-0.2, -0.15) is 0 Å². The van der Waals surface area contributed by atoms with E-state index in [-0.39, 0.29) is 27.5 Å². The van der Waals surface area contributed by atoms with Crippen LogP contribution < -0.4 is 4.72 Å². The highest BCUT2D eigenvalue weighted by Gasteiger charge is 2.22. The van der Waals surface area contributed by atoms with E-state index in [9.17, 15) is 22.8 Å². The summed E-state index contributed by atoms with van der Waals surface area (Å²) < 4.78 is 28.1. The normalized spacial score (nSPS) is 13.5. The van der Waals surface area contributed by atoms with Gasteiger partial charge in [-0.3, -0.25) is 19.1 Å². The number of carbonyl (C=O) groups is 3. The third kappa shape index (κ3) is 5.28. The van der Waals surface area contributed by atoms with Crippen molar-refractivity contribution in [1.29, 1.82) is 0 Å². The summed E-state index contributed by atoms with van der Waals surface area (Å²) in [7, 11) is -3.83. The Morgan fingerprint density at radius 2 is 1.73 bits per heavy atom. The lowest BCUT2D eigenvalue weighted by Crippen LogP contribution is -2.34. The number of sulfonamides is 1. The van der Waals surface area contributed by atoms with Gasteiger partial charge in [0.1, 0.15) is 0 Å². The van der Waals surface area contributed by atoms with Crippen molar-refractivity contribution in [3.8, 4) is 0 Å². The molecular weight excluding hydrogens is 424 g/mol. The maximum Gasteiger partial charge on any atom is 0.261 e. The Labute approximate surface area is 179 Å². The monoisotopic (exact) mass is 446 g/mol. The van der Waals surface area contributed by atoms with Gasteiger partial charge >= 0.3 is 0 Å². The molecule has 0 atom stereocenters. The van der Waals surface area contributed by atoms with E-state index in [0.29, 0.717) is 30.8 Å². The molecule has 0 radical (unpaired) electrons. The highest BCUT2D eigenvalue weighted by Crippen LogP contribution is 2.24. The molecule has 1 aliphatic heterocycles. The van der Waals surface area contributed by atoms with Gasteiger partial charge in [0.2, 0.25) is 5.91 Å². The van der Waals surface area contributed by atoms with Crippen molar-refractivity contribution in [3.63, 3.8) is 0 Å². The first kappa shape index (κ1) is 22.0. The van der Waals surface area contributed by atoms with Gasteiger partial charge in [-0.05, 0) is 53.9 Å². The lowest BCUT2D eigenvalue weighted by molar-refractivity contribution is -0.129. The van der Waals surface area contributed by atoms with E-state index in [1.165, 1.54) is 38.1 Å². The first-order valence-electron chi connectivity index (χ1n) is 9.32. The molecule has 0 unspecified atom stereocenters. The van der Waals surface area contributed by atoms with E-state index in [1.54, 1.807) is 23.1 Å². The Balaban J connectivity index is 1.74. The third-order valence-corrected chi connectivity index (χ3v) is 7.00. The summed E-state index contributed by atoms with van der Waals surface area (Å²) in [6.45, 7) is 3.92. The fourth-order valence-electron chi connectivity index (χ4n) is 3.16. The number of amides is 1. The number of ketones is 1. The van der Waals surface area contributed by atoms with Crippen LogP contribution in [0.15, 0.2) is 47.4 Å². The molecule has 0 spiro atoms. The number of rotatable bonds is 6. The molecule has 0 aromatic heterocycles. The number of fused-ring (bicyclic) bond motifs is 1. The number of nitrogens with one attached hydrogen (secondary N) is 1. The molecule has 1 amide bonds. The smallest absolute Gasteiger partial charge is 0.261 e. The molecule has 0 saturated heterocycles. The molecule has 1 heterocycles. The fourth-order valence-corrected chi connectivity index (χ4v) is 4.77. The summed E-state index contributed by atoms with van der Waals surface area (Å²) in [5, 5.41) is -0.135. The van der Waals surface area contributed by atoms with Crippen LogP contribution in [0.3, 0.4) is 0 Å². The predicted octanol–water partition coefficient (Wildman–Crippen LogP) is 2.85. The average Bonchev–Trinajstić information content (AvgIpc) is 2.71. The molecule has 0 fully saturated rings. The molecule has 30 heavy (non-hydrogen) atoms. The van der Waals surface area contributed by atoms with E-state index in [1.807, 2.05) is 0 Å². The van der Waals surface area contributed by atoms with Gasteiger partial charge in [0, 0.05) is 38.2 Å². The van der Waals surface area contributed by atoms with Gasteiger partial charge in [0.25, 0.3) is 10.0 Å². The summed E-state index contributed by atoms with van der Waals surface area (Å²) in [5.74, 6) is -0.190. The minimum absolute atomic E-state index is 0.0385. The molecule has 158 valence electrons. The molecule has 1 aliphatic rings. The Morgan fingerprint density at radius 3 is 2.37 bits per heavy atom. The van der Waals surface area contributed by atoms with E-state index in [0.717, 1.165) is 22.9 Å². The van der Waals surface area contributed by atoms with Crippen LogP contribution in [0.5, 0.6) is 0 Å². The Kier molecular flexibility index (Phi) is 6.62. The van der Waals surface area contributed by atoms with Crippen molar-refractivity contribution >= 4 is 44.3 Å². The Hall–Kier alpha value is -2.65. The SMILES string of the molecule is CC(=O)SCC(=O)c1ccc(NS(=O)(=O)c2ccc3c(c2)CN(C(C)=O)CC3)cc1. The summed E-state index contributed by atoms with van der Waals surface area (Å²) >= 11 is 0.934. The topological polar surface area (TPSA) is 101 Å². The lowest BCUT2D eigenvalue weighted by atomic mass is 10.00. The molecule has 0 bridgehead atoms. The van der Waals surface area contributed by atoms with Crippen molar-refractivity contribution < 1.29 is 22.8 Å². The van der Waals surface area contributed by atoms with Crippen LogP contribution in [0, 0.1) is 0 Å². The van der Waals surface area contributed by atoms with E-state index in [2.05, 4.69) is 4.72 Å². The van der Waals surface area contributed by atoms with Crippen molar-refractivity contribution in [2.24, 2.45) is 0 Å². The number of benzene rings is 2. The molecule has 2 aromatic rings. The zero-order valence-corrected chi connectivity index (χ0v) is 18.3. The second-order valence-electron chi connectivity index (χ2n) is 7.01. The number of thioether (sulfide) groups is 1. The van der Waals surface area contributed by atoms with E-state index < -0.39 is 10.0 Å². The van der Waals surface area contributed by atoms with Crippen LogP contribution >= 0.6 is 11.8 Å². The second kappa shape index (κ2) is 9.01. The second-order valence-corrected chi connectivity index (χ2v) is 9.84. The molecular formula is C21H22N2O5S2. The van der Waals surface area contributed by atoms with E-state index >= 15 is 0 Å². The van der Waals surface area contributed by atoms with Crippen LogP contribution in [0.1, 0.15) is 35.3 Å². The van der Waals surface area contributed by atoms with Crippen molar-refractivity contribution in [2.45, 2.75) is 31.7 Å². The quantitative estimate of drug-likeness (QED) is 0.685. The molecule has 0 aliphatic carbocycles. The highest BCUT2D eigenvalue weighted by atomic mass is 32.2. The van der Waals surface area contributed by atoms with Crippen LogP contribution in [-0.2, 0) is 32.6 Å². The number of carbonyl (C=O) groups excluding carboxylic acids is 3. The third-order valence-electron chi connectivity index (χ3n) is 4.81. The Bertz CT molecular complexity index is 1090. The van der Waals surface area contributed by atoms with Crippen LogP contribution in [0.4, 0.5) is 5.69 Å². The first-order valence-corrected chi connectivity index (χ1v) is 11.8. The summed E-state index contributed by atoms with van der Waals surface area (Å²) in [6.07, 6.45) is 0.695. The van der Waals surface area contributed by atoms with Gasteiger partial charge in [0.05, 0.1) is 10.6 Å². The largest absolute Gasteiger partial charge is 0.338 e. The van der Waals surface area contributed by atoms with Crippen LogP contribution in [0.2, 0.25) is 0 Å². The molecule has 0 saturated carbocycles. The minimum Gasteiger partial charge on any atom is -0.338 e. The van der Waals surface area contributed by atoms with Crippen LogP contribution in [0.25, 0.3) is 0 Å². The number of hydrogen-bond acceptors (Lipinski definition) is 6. The number of Topliss-reactive ketones (excluding diaryl/α,β-unsaturated/α-hetero) is 1. The van der Waals surface area contributed by atoms with Gasteiger partial charge in [-0.15, -0.1) is 0 Å². The van der Waals surface area contributed by atoms with Crippen molar-refractivity contribution in [1.82, 2.24) is 4.90 Å². The maximum atomic E-state index is 12.8. The number of hydrogen-bond donors (Lipinski definition) is 1. The lowest BCUT2D eigenvalue weighted by Gasteiger charge is -2.28. The molecule has 7 nitrogen and oxygen atoms in total. The molecule has 9 heteroatoms. The van der Waals surface area contributed by atoms with Crippen molar-refractivity contribution in [2.75, 3.05) is 17.0 Å². The Morgan fingerprint density at radius 1 is 1.03 bits per heavy atom. The van der Waals surface area contributed by atoms with Gasteiger partial charge in [0.15, 0.2) is 10.9 Å². The highest BCUT2D eigenvalue weighted by molar-refractivity contribution is 8.14. The average molecular weight is 447 g/mol. The standard InChI is InChI=1S/C21H22N2O5S2/c1-14(24)23-10-9-16-5-8-20(11-18(16)12-23)30(27,28)22-19-6-3-17(4-7-19)21(26)13-29-15(2)25/h3-8,11,22H,9-10,12-13H2,1-2H3. The number of nitrogens with zero attached hydrogens (tertiary/aromatic N) is 1. The summed E-state index contributed by atoms with van der Waals surface area (Å²) in [6, 6.07) is 11.0. The van der Waals surface area contributed by atoms with Gasteiger partial charge in [-0.25, -0.2) is 8.42 Å². The number of anilines is 1. The fraction of sp³-hybridized carbons (Fsp3) is 0.286. The van der Waals surface area contributed by atoms with E-state index in [4.69, 9.17) is 0 Å². The van der Waals surface area contributed by atoms with Crippen LogP contribution in [-0.4, -0.2) is 42.4 Å². The first-order chi connectivity index (χ1) is 14.2. The van der Waals surface area contributed by atoms with Gasteiger partial charge in [-0.1, -0.05) is 17.8 Å². The summed E-state index contributed by atoms with van der Waals surface area (Å²) in [5.41, 5.74) is 2.60. The molecule has 1 N–H and O–H groups in total. The molecule has 2 aromatic carbocycles. The zero-order valence-electron chi connectivity index (χ0n) is 16.7. The zero-order chi connectivity index (χ0) is 21.9. The summed E-state index contributed by atoms with van der Waals surface area (Å²) in [4.78, 5) is 36.5. The van der Waals surface area contributed by atoms with Crippen molar-refractivity contribution in [3.05, 3.63) is 59.2 Å². The predicted molar refractivity (Wildman–Crippen MR) is 116 cm³/mol. The minimum atomic E-state index is -3.83. The maximum absolute atomic E-state index is 12.8. The van der Waals surface area contributed by atoms with Gasteiger partial charge < -0.3 is 4.90 Å².